The van der Waals surface area contributed by atoms with E-state index in [0.29, 0.717) is 16.4 Å². The number of nitro groups is 1. The van der Waals surface area contributed by atoms with Crippen molar-refractivity contribution >= 4 is 27.6 Å². The largest absolute Gasteiger partial charge is 0.495 e. The minimum absolute atomic E-state index is 0.0318. The van der Waals surface area contributed by atoms with E-state index in [1.54, 1.807) is 0 Å². The van der Waals surface area contributed by atoms with E-state index in [2.05, 4.69) is 21.2 Å². The molecule has 0 saturated carbocycles. The molecule has 1 aromatic carbocycles. The van der Waals surface area contributed by atoms with E-state index in [-0.39, 0.29) is 11.3 Å². The Bertz CT molecular complexity index is 515. The summed E-state index contributed by atoms with van der Waals surface area (Å²) in [6.45, 7) is 0. The van der Waals surface area contributed by atoms with Crippen LogP contribution in [-0.4, -0.2) is 23.1 Å². The molecule has 0 bridgehead atoms. The van der Waals surface area contributed by atoms with Gasteiger partial charge in [0.15, 0.2) is 0 Å². The van der Waals surface area contributed by atoms with Crippen molar-refractivity contribution in [3.8, 4) is 5.75 Å². The molecular formula is C10H9BrN2O5. The van der Waals surface area contributed by atoms with Gasteiger partial charge in [0.05, 0.1) is 34.0 Å². The van der Waals surface area contributed by atoms with E-state index in [4.69, 9.17) is 9.84 Å². The first-order valence-electron chi connectivity index (χ1n) is 4.63. The van der Waals surface area contributed by atoms with Gasteiger partial charge in [-0.2, -0.15) is 0 Å². The van der Waals surface area contributed by atoms with Crippen LogP contribution in [0.25, 0.3) is 0 Å². The van der Waals surface area contributed by atoms with Gasteiger partial charge >= 0.3 is 5.97 Å². The number of hydrogen-bond acceptors (Lipinski definition) is 5. The average Bonchev–Trinajstić information content (AvgIpc) is 2.29. The van der Waals surface area contributed by atoms with Crippen molar-refractivity contribution in [2.75, 3.05) is 12.4 Å². The quantitative estimate of drug-likeness (QED) is 0.638. The van der Waals surface area contributed by atoms with Gasteiger partial charge in [-0.05, 0) is 22.0 Å². The molecule has 18 heavy (non-hydrogen) atoms. The highest BCUT2D eigenvalue weighted by Crippen LogP contribution is 2.31. The Hall–Kier alpha value is -2.09. The number of methoxy groups -OCH3 is 1. The molecule has 0 aromatic heterocycles. The number of carbonyl (C=O) groups is 1. The van der Waals surface area contributed by atoms with Gasteiger partial charge in [-0.1, -0.05) is 0 Å². The molecular weight excluding hydrogens is 308 g/mol. The summed E-state index contributed by atoms with van der Waals surface area (Å²) in [6, 6.07) is 2.78. The Morgan fingerprint density at radius 3 is 2.78 bits per heavy atom. The molecule has 0 aliphatic rings. The minimum Gasteiger partial charge on any atom is -0.495 e. The fraction of sp³-hybridized carbons (Fsp3) is 0.100. The zero-order valence-electron chi connectivity index (χ0n) is 9.21. The first kappa shape index (κ1) is 14.0. The van der Waals surface area contributed by atoms with Gasteiger partial charge in [-0.15, -0.1) is 0 Å². The van der Waals surface area contributed by atoms with Crippen LogP contribution in [0.3, 0.4) is 0 Å². The lowest BCUT2D eigenvalue weighted by molar-refractivity contribution is -0.402. The van der Waals surface area contributed by atoms with Crippen LogP contribution >= 0.6 is 15.9 Å². The molecule has 0 atom stereocenters. The maximum atomic E-state index is 11.0. The van der Waals surface area contributed by atoms with E-state index in [1.165, 1.54) is 19.2 Å². The Kier molecular flexibility index (Phi) is 4.67. The SMILES string of the molecule is COc1cc(NC=C[N+](=O)[O-])c(C(=O)O)cc1Br. The summed E-state index contributed by atoms with van der Waals surface area (Å²) < 4.78 is 5.49. The minimum atomic E-state index is -1.16. The molecule has 0 radical (unpaired) electrons. The molecule has 0 heterocycles. The van der Waals surface area contributed by atoms with Crippen molar-refractivity contribution in [2.24, 2.45) is 0 Å². The van der Waals surface area contributed by atoms with Crippen molar-refractivity contribution in [1.29, 1.82) is 0 Å². The van der Waals surface area contributed by atoms with Gasteiger partial charge in [-0.25, -0.2) is 4.79 Å². The second-order valence-corrected chi connectivity index (χ2v) is 3.94. The number of halogens is 1. The summed E-state index contributed by atoms with van der Waals surface area (Å²) in [5.41, 5.74) is 0.163. The predicted molar refractivity (Wildman–Crippen MR) is 67.4 cm³/mol. The highest BCUT2D eigenvalue weighted by molar-refractivity contribution is 9.10. The Labute approximate surface area is 110 Å². The van der Waals surface area contributed by atoms with E-state index >= 15 is 0 Å². The van der Waals surface area contributed by atoms with E-state index in [0.717, 1.165) is 6.20 Å². The van der Waals surface area contributed by atoms with Crippen LogP contribution in [0, 0.1) is 10.1 Å². The summed E-state index contributed by atoms with van der Waals surface area (Å²) >= 11 is 3.16. The Morgan fingerprint density at radius 1 is 1.61 bits per heavy atom. The molecule has 2 N–H and O–H groups in total. The van der Waals surface area contributed by atoms with E-state index in [1.807, 2.05) is 0 Å². The van der Waals surface area contributed by atoms with E-state index in [9.17, 15) is 14.9 Å². The maximum Gasteiger partial charge on any atom is 0.337 e. The van der Waals surface area contributed by atoms with Gasteiger partial charge in [0.2, 0.25) is 6.20 Å². The third kappa shape index (κ3) is 3.45. The van der Waals surface area contributed by atoms with Gasteiger partial charge < -0.3 is 15.2 Å². The van der Waals surface area contributed by atoms with Crippen LogP contribution in [0.15, 0.2) is 29.0 Å². The lowest BCUT2D eigenvalue weighted by Gasteiger charge is -2.09. The summed E-state index contributed by atoms with van der Waals surface area (Å²) in [4.78, 5) is 20.5. The van der Waals surface area contributed by atoms with Gasteiger partial charge in [0.25, 0.3) is 0 Å². The average molecular weight is 317 g/mol. The van der Waals surface area contributed by atoms with Crippen molar-refractivity contribution < 1.29 is 19.6 Å². The van der Waals surface area contributed by atoms with Gasteiger partial charge in [0, 0.05) is 6.07 Å². The topological polar surface area (TPSA) is 102 Å². The van der Waals surface area contributed by atoms with Crippen LogP contribution in [0.2, 0.25) is 0 Å². The fourth-order valence-electron chi connectivity index (χ4n) is 1.19. The molecule has 0 spiro atoms. The van der Waals surface area contributed by atoms with Crippen molar-refractivity contribution in [2.45, 2.75) is 0 Å². The molecule has 0 aliphatic heterocycles. The van der Waals surface area contributed by atoms with Gasteiger partial charge in [0.1, 0.15) is 5.75 Å². The standard InChI is InChI=1S/C10H9BrN2O5/c1-18-9-5-8(12-2-3-13(16)17)6(10(14)15)4-7(9)11/h2-5,12H,1H3,(H,14,15). The molecule has 7 nitrogen and oxygen atoms in total. The number of nitrogens with one attached hydrogen (secondary N) is 1. The zero-order valence-corrected chi connectivity index (χ0v) is 10.8. The zero-order chi connectivity index (χ0) is 13.7. The number of anilines is 1. The maximum absolute atomic E-state index is 11.0. The van der Waals surface area contributed by atoms with E-state index < -0.39 is 10.9 Å². The lowest BCUT2D eigenvalue weighted by Crippen LogP contribution is -2.03. The van der Waals surface area contributed by atoms with Crippen molar-refractivity contribution in [3.05, 3.63) is 44.7 Å². The second kappa shape index (κ2) is 6.01. The fourth-order valence-corrected chi connectivity index (χ4v) is 1.70. The highest BCUT2D eigenvalue weighted by Gasteiger charge is 2.13. The van der Waals surface area contributed by atoms with Crippen LogP contribution in [0.4, 0.5) is 5.69 Å². The van der Waals surface area contributed by atoms with Crippen LogP contribution in [0.5, 0.6) is 5.75 Å². The van der Waals surface area contributed by atoms with Crippen molar-refractivity contribution in [1.82, 2.24) is 0 Å². The monoisotopic (exact) mass is 316 g/mol. The molecule has 1 aromatic rings. The number of carboxylic acid groups (broad SMARTS) is 1. The molecule has 0 amide bonds. The normalized spacial score (nSPS) is 10.3. The number of aromatic carboxylic acids is 1. The number of carboxylic acids is 1. The molecule has 0 saturated heterocycles. The molecule has 96 valence electrons. The summed E-state index contributed by atoms with van der Waals surface area (Å²) in [5, 5.41) is 21.6. The van der Waals surface area contributed by atoms with Crippen molar-refractivity contribution in [3.63, 3.8) is 0 Å². The molecule has 0 unspecified atom stereocenters. The molecule has 1 rings (SSSR count). The molecule has 8 heteroatoms. The number of rotatable bonds is 5. The number of ether oxygens (including phenoxy) is 1. The molecule has 0 fully saturated rings. The Morgan fingerprint density at radius 2 is 2.28 bits per heavy atom. The predicted octanol–water partition coefficient (Wildman–Crippen LogP) is 2.32. The van der Waals surface area contributed by atoms with Gasteiger partial charge in [-0.3, -0.25) is 10.1 Å². The first-order chi connectivity index (χ1) is 8.45. The molecule has 0 aliphatic carbocycles. The van der Waals surface area contributed by atoms with Crippen LogP contribution in [0.1, 0.15) is 10.4 Å². The third-order valence-corrected chi connectivity index (χ3v) is 2.58. The number of hydrogen-bond donors (Lipinski definition) is 2. The van der Waals surface area contributed by atoms with Crippen LogP contribution < -0.4 is 10.1 Å². The summed E-state index contributed by atoms with van der Waals surface area (Å²) in [5.74, 6) is -0.743. The second-order valence-electron chi connectivity index (χ2n) is 3.08. The Balaban J connectivity index is 3.14. The lowest BCUT2D eigenvalue weighted by atomic mass is 10.1. The van der Waals surface area contributed by atoms with Crippen LogP contribution in [-0.2, 0) is 0 Å². The summed E-state index contributed by atoms with van der Waals surface area (Å²) in [7, 11) is 1.43. The summed E-state index contributed by atoms with van der Waals surface area (Å²) in [6.07, 6.45) is 1.70. The first-order valence-corrected chi connectivity index (χ1v) is 5.42. The smallest absolute Gasteiger partial charge is 0.337 e. The highest BCUT2D eigenvalue weighted by atomic mass is 79.9. The third-order valence-electron chi connectivity index (χ3n) is 1.96. The number of nitrogens with zero attached hydrogens (tertiary/aromatic N) is 1. The number of benzene rings is 1.